The number of aliphatic hydroxyl groups is 2. The summed E-state index contributed by atoms with van der Waals surface area (Å²) < 4.78 is 61.7. The molecule has 0 aromatic carbocycles. The maximum Gasteiger partial charge on any atom is 0.472 e. The third kappa shape index (κ3) is 99.3. The van der Waals surface area contributed by atoms with Crippen molar-refractivity contribution < 1.29 is 75.8 Å². The van der Waals surface area contributed by atoms with E-state index in [1.54, 1.807) is 0 Å². The van der Waals surface area contributed by atoms with Crippen molar-refractivity contribution in [2.75, 3.05) is 39.6 Å². The summed E-state index contributed by atoms with van der Waals surface area (Å²) in [5.74, 6) is -1.57. The van der Waals surface area contributed by atoms with Crippen molar-refractivity contribution in [3.8, 4) is 0 Å². The van der Waals surface area contributed by atoms with Gasteiger partial charge in [0.25, 0.3) is 0 Å². The van der Waals surface area contributed by atoms with Crippen molar-refractivity contribution in [1.82, 2.24) is 0 Å². The van der Waals surface area contributed by atoms with E-state index in [9.17, 15) is 43.5 Å². The van der Waals surface area contributed by atoms with Crippen LogP contribution in [-0.4, -0.2) is 95.9 Å². The van der Waals surface area contributed by atoms with E-state index < -0.39 is 91.5 Å². The molecule has 0 saturated carbocycles. The predicted molar refractivity (Wildman–Crippen MR) is 528 cm³/mol. The van der Waals surface area contributed by atoms with Crippen LogP contribution in [0.5, 0.6) is 0 Å². The van der Waals surface area contributed by atoms with E-state index in [4.69, 9.17) is 32.3 Å². The van der Waals surface area contributed by atoms with Gasteiger partial charge in [-0.05, 0) is 161 Å². The summed E-state index contributed by atoms with van der Waals surface area (Å²) in [6, 6.07) is 0. The fourth-order valence-corrected chi connectivity index (χ4v) is 15.4. The molecule has 0 rings (SSSR count). The topological polar surface area (TPSA) is 231 Å². The van der Waals surface area contributed by atoms with Gasteiger partial charge in [0.1, 0.15) is 25.4 Å². The van der Waals surface area contributed by atoms with Crippen LogP contribution in [0.3, 0.4) is 0 Å². The van der Waals surface area contributed by atoms with Gasteiger partial charge < -0.3 is 34.2 Å². The Morgan fingerprint density at radius 3 is 0.672 bits per heavy atom. The van der Waals surface area contributed by atoms with Crippen LogP contribution >= 0.6 is 15.6 Å². The predicted octanol–water partition coefficient (Wildman–Crippen LogP) is 31.8. The van der Waals surface area contributed by atoms with Gasteiger partial charge in [-0.1, -0.05) is 422 Å². The second kappa shape index (κ2) is 98.0. The number of allylic oxidation sites excluding steroid dienone is 28. The number of carbonyl (C=O) groups excluding carboxylic acids is 3. The van der Waals surface area contributed by atoms with Crippen molar-refractivity contribution >= 4 is 33.6 Å². The highest BCUT2D eigenvalue weighted by Gasteiger charge is 2.30. The number of phosphoric ester groups is 2. The standard InChI is InChI=1S/C107H184O16P2/c1-4-7-10-13-16-19-22-25-28-31-34-37-40-43-46-48-50-52-55-57-60-63-66-69-72-75-78-81-84-87-90-93-105(110)117-96-102(108)97-119-124(113,114)120-98-103(109)99-121-125(115,116)122-101-104(123-107(112)95-92-89-86-83-80-77-74-71-68-65-62-59-54-45-42-39-36-33-30-27-24-21-18-15-12-9-6-3)100-118-106(111)94-91-88-85-82-79-76-73-70-67-64-61-58-56-53-51-49-47-44-41-38-35-32-29-26-23-20-17-14-11-8-5-2/h7,10,16-21,25-30,34-39,43-47,50,52,54,102-104,108-109H,4-6,8-9,11-15,22-24,31-33,40-42,48-49,51,53,55-101H2,1-3H3,(H,113,114)(H,115,116)/b10-7-,19-16-,20-17-,21-18-,28-25-,29-26-,30-27-,37-34-,38-35-,39-36-,46-43-,47-44-,52-50-,54-45-. The summed E-state index contributed by atoms with van der Waals surface area (Å²) in [6.45, 7) is 2.58. The maximum absolute atomic E-state index is 13.1. The Morgan fingerprint density at radius 2 is 0.424 bits per heavy atom. The molecular formula is C107H184O16P2. The van der Waals surface area contributed by atoms with Crippen LogP contribution in [0.15, 0.2) is 170 Å². The zero-order chi connectivity index (χ0) is 90.7. The zero-order valence-corrected chi connectivity index (χ0v) is 81.3. The van der Waals surface area contributed by atoms with E-state index in [0.717, 1.165) is 154 Å². The molecule has 0 aliphatic carbocycles. The highest BCUT2D eigenvalue weighted by Crippen LogP contribution is 2.45. The van der Waals surface area contributed by atoms with E-state index in [2.05, 4.69) is 191 Å². The number of rotatable bonds is 95. The Balaban J connectivity index is 4.64. The molecule has 0 spiro atoms. The lowest BCUT2D eigenvalue weighted by Gasteiger charge is -2.21. The zero-order valence-electron chi connectivity index (χ0n) is 79.5. The number of aliphatic hydroxyl groups excluding tert-OH is 2. The first-order valence-corrected chi connectivity index (χ1v) is 53.4. The molecule has 0 radical (unpaired) electrons. The molecule has 0 heterocycles. The molecule has 0 aromatic rings. The molecule has 5 unspecified atom stereocenters. The number of hydrogen-bond donors (Lipinski definition) is 4. The van der Waals surface area contributed by atoms with Gasteiger partial charge in [0.05, 0.1) is 26.4 Å². The molecule has 16 nitrogen and oxygen atoms in total. The Hall–Kier alpha value is -5.09. The van der Waals surface area contributed by atoms with Crippen molar-refractivity contribution in [1.29, 1.82) is 0 Å². The maximum atomic E-state index is 13.1. The monoisotopic (exact) mass is 1790 g/mol. The van der Waals surface area contributed by atoms with Crippen molar-refractivity contribution in [3.63, 3.8) is 0 Å². The number of carbonyl (C=O) groups is 3. The third-order valence-corrected chi connectivity index (χ3v) is 23.3. The molecule has 0 saturated heterocycles. The molecule has 718 valence electrons. The van der Waals surface area contributed by atoms with Crippen LogP contribution in [0, 0.1) is 0 Å². The minimum atomic E-state index is -4.95. The minimum Gasteiger partial charge on any atom is -0.463 e. The fraction of sp³-hybridized carbons (Fsp3) is 0.710. The Kier molecular flexibility index (Phi) is 94.0. The van der Waals surface area contributed by atoms with E-state index in [-0.39, 0.29) is 19.3 Å². The highest BCUT2D eigenvalue weighted by molar-refractivity contribution is 7.47. The van der Waals surface area contributed by atoms with E-state index in [1.807, 2.05) is 0 Å². The van der Waals surface area contributed by atoms with E-state index in [0.29, 0.717) is 19.3 Å². The number of phosphoric acid groups is 2. The summed E-state index contributed by atoms with van der Waals surface area (Å²) in [4.78, 5) is 59.2. The average Bonchev–Trinajstić information content (AvgIpc) is 0.901. The number of unbranched alkanes of at least 4 members (excludes halogenated alkanes) is 44. The Bertz CT molecular complexity index is 2950. The van der Waals surface area contributed by atoms with Gasteiger partial charge in [-0.25, -0.2) is 9.13 Å². The van der Waals surface area contributed by atoms with Gasteiger partial charge in [0.15, 0.2) is 6.10 Å². The summed E-state index contributed by atoms with van der Waals surface area (Å²) in [5.41, 5.74) is 0. The average molecular weight is 1790 g/mol. The minimum absolute atomic E-state index is 0.0983. The van der Waals surface area contributed by atoms with Gasteiger partial charge in [-0.2, -0.15) is 0 Å². The number of esters is 3. The molecule has 0 aliphatic rings. The molecule has 0 aliphatic heterocycles. The molecule has 18 heteroatoms. The largest absolute Gasteiger partial charge is 0.472 e. The van der Waals surface area contributed by atoms with Gasteiger partial charge in [-0.15, -0.1) is 0 Å². The first-order valence-electron chi connectivity index (χ1n) is 50.4. The highest BCUT2D eigenvalue weighted by atomic mass is 31.2. The lowest BCUT2D eigenvalue weighted by atomic mass is 10.0. The normalized spacial score (nSPS) is 14.4. The lowest BCUT2D eigenvalue weighted by Crippen LogP contribution is -2.30. The van der Waals surface area contributed by atoms with Crippen LogP contribution in [0.1, 0.15) is 432 Å². The van der Waals surface area contributed by atoms with E-state index >= 15 is 0 Å². The molecular weight excluding hydrogens is 1600 g/mol. The molecule has 125 heavy (non-hydrogen) atoms. The third-order valence-electron chi connectivity index (χ3n) is 21.4. The second-order valence-electron chi connectivity index (χ2n) is 33.5. The quantitative estimate of drug-likeness (QED) is 0.0146. The van der Waals surface area contributed by atoms with Crippen LogP contribution in [0.4, 0.5) is 0 Å². The summed E-state index contributed by atoms with van der Waals surface area (Å²) in [6.07, 6.45) is 128. The van der Waals surface area contributed by atoms with Crippen LogP contribution < -0.4 is 0 Å². The van der Waals surface area contributed by atoms with Crippen molar-refractivity contribution in [2.24, 2.45) is 0 Å². The van der Waals surface area contributed by atoms with Gasteiger partial charge in [0.2, 0.25) is 0 Å². The smallest absolute Gasteiger partial charge is 0.463 e. The van der Waals surface area contributed by atoms with Gasteiger partial charge in [0, 0.05) is 19.3 Å². The van der Waals surface area contributed by atoms with Crippen LogP contribution in [-0.2, 0) is 55.8 Å². The second-order valence-corrected chi connectivity index (χ2v) is 36.5. The van der Waals surface area contributed by atoms with Gasteiger partial charge >= 0.3 is 33.6 Å². The first-order chi connectivity index (χ1) is 61.2. The first kappa shape index (κ1) is 120. The summed E-state index contributed by atoms with van der Waals surface area (Å²) in [5, 5.41) is 20.8. The lowest BCUT2D eigenvalue weighted by molar-refractivity contribution is -0.161. The molecule has 0 bridgehead atoms. The fourth-order valence-electron chi connectivity index (χ4n) is 13.8. The van der Waals surface area contributed by atoms with Crippen LogP contribution in [0.25, 0.3) is 0 Å². The summed E-state index contributed by atoms with van der Waals surface area (Å²) in [7, 11) is -9.82. The Labute approximate surface area is 764 Å². The molecule has 4 N–H and O–H groups in total. The molecule has 0 fully saturated rings. The molecule has 0 aromatic heterocycles. The Morgan fingerprint density at radius 1 is 0.232 bits per heavy atom. The SMILES string of the molecule is CC/C=C\C/C=C\C/C=C\C/C=C\C/C=C\C/C=C\CCCCCCCCCCCCCCC(=O)OCC(O)COP(=O)(O)OCC(O)COP(=O)(O)OCC(COC(=O)CCCCCCCCCCCCCCCCC/C=C\C/C=C\C/C=C\C/C=C\CCCCC)OC(=O)CCCCCCCCCCCCC/C=C\C/C=C\C/C=C\C/C=C\CCCCC. The number of hydrogen-bond acceptors (Lipinski definition) is 14. The molecule has 0 amide bonds. The molecule has 5 atom stereocenters. The summed E-state index contributed by atoms with van der Waals surface area (Å²) >= 11 is 0. The van der Waals surface area contributed by atoms with Crippen molar-refractivity contribution in [3.05, 3.63) is 170 Å². The van der Waals surface area contributed by atoms with Gasteiger partial charge in [-0.3, -0.25) is 32.5 Å². The van der Waals surface area contributed by atoms with Crippen LogP contribution in [0.2, 0.25) is 0 Å². The number of ether oxygens (including phenoxy) is 3. The van der Waals surface area contributed by atoms with E-state index in [1.165, 1.54) is 218 Å². The van der Waals surface area contributed by atoms with Crippen molar-refractivity contribution in [2.45, 2.75) is 450 Å².